The van der Waals surface area contributed by atoms with Gasteiger partial charge in [0.2, 0.25) is 0 Å². The van der Waals surface area contributed by atoms with Gasteiger partial charge in [-0.1, -0.05) is 46.3 Å². The number of halogens is 1. The van der Waals surface area contributed by atoms with Gasteiger partial charge in [-0.3, -0.25) is 5.43 Å². The van der Waals surface area contributed by atoms with E-state index in [0.717, 1.165) is 27.2 Å². The maximum absolute atomic E-state index is 5.83. The molecule has 0 aliphatic heterocycles. The van der Waals surface area contributed by atoms with E-state index in [4.69, 9.17) is 21.7 Å². The molecule has 0 saturated carbocycles. The number of benzene rings is 3. The SMILES string of the molecule is S=C(NN=Cc1ccccc1OCCOc1ccc(Br)cc1)Nc1ccccc1. The van der Waals surface area contributed by atoms with Crippen LogP contribution in [0.1, 0.15) is 5.56 Å². The van der Waals surface area contributed by atoms with Gasteiger partial charge >= 0.3 is 0 Å². The van der Waals surface area contributed by atoms with Gasteiger partial charge in [-0.2, -0.15) is 5.10 Å². The Balaban J connectivity index is 1.47. The molecule has 0 bridgehead atoms. The topological polar surface area (TPSA) is 54.9 Å². The minimum atomic E-state index is 0.411. The van der Waals surface area contributed by atoms with Gasteiger partial charge in [0.25, 0.3) is 0 Å². The second kappa shape index (κ2) is 11.2. The summed E-state index contributed by atoms with van der Waals surface area (Å²) in [5, 5.41) is 7.66. The summed E-state index contributed by atoms with van der Waals surface area (Å²) < 4.78 is 12.5. The van der Waals surface area contributed by atoms with Crippen LogP contribution >= 0.6 is 28.1 Å². The summed E-state index contributed by atoms with van der Waals surface area (Å²) in [6, 6.07) is 25.0. The van der Waals surface area contributed by atoms with E-state index in [-0.39, 0.29) is 0 Å². The number of nitrogens with one attached hydrogen (secondary N) is 2. The molecule has 0 saturated heterocycles. The third-order valence-corrected chi connectivity index (χ3v) is 4.47. The molecule has 7 heteroatoms. The summed E-state index contributed by atoms with van der Waals surface area (Å²) in [6.07, 6.45) is 1.67. The van der Waals surface area contributed by atoms with Gasteiger partial charge < -0.3 is 14.8 Å². The normalized spacial score (nSPS) is 10.5. The summed E-state index contributed by atoms with van der Waals surface area (Å²) in [5.41, 5.74) is 4.54. The van der Waals surface area contributed by atoms with Gasteiger partial charge in [-0.15, -0.1) is 0 Å². The zero-order valence-corrected chi connectivity index (χ0v) is 17.9. The van der Waals surface area contributed by atoms with Crippen molar-refractivity contribution in [2.75, 3.05) is 18.5 Å². The highest BCUT2D eigenvalue weighted by Crippen LogP contribution is 2.17. The first kappa shape index (κ1) is 20.8. The molecule has 0 aliphatic rings. The lowest BCUT2D eigenvalue weighted by molar-refractivity contribution is 0.217. The van der Waals surface area contributed by atoms with Gasteiger partial charge in [0, 0.05) is 15.7 Å². The summed E-state index contributed by atoms with van der Waals surface area (Å²) in [5.74, 6) is 1.52. The van der Waals surface area contributed by atoms with Crippen LogP contribution in [0.15, 0.2) is 88.4 Å². The van der Waals surface area contributed by atoms with Crippen molar-refractivity contribution in [3.63, 3.8) is 0 Å². The van der Waals surface area contributed by atoms with E-state index in [9.17, 15) is 0 Å². The van der Waals surface area contributed by atoms with E-state index < -0.39 is 0 Å². The molecule has 3 rings (SSSR count). The first-order chi connectivity index (χ1) is 14.2. The number of hydrogen-bond acceptors (Lipinski definition) is 4. The van der Waals surface area contributed by atoms with E-state index in [1.54, 1.807) is 6.21 Å². The van der Waals surface area contributed by atoms with E-state index in [2.05, 4.69) is 31.8 Å². The lowest BCUT2D eigenvalue weighted by atomic mass is 10.2. The highest BCUT2D eigenvalue weighted by Gasteiger charge is 2.02. The van der Waals surface area contributed by atoms with E-state index in [1.165, 1.54) is 0 Å². The third kappa shape index (κ3) is 7.21. The molecule has 5 nitrogen and oxygen atoms in total. The van der Waals surface area contributed by atoms with Crippen molar-refractivity contribution in [1.82, 2.24) is 5.43 Å². The monoisotopic (exact) mass is 469 g/mol. The molecule has 0 heterocycles. The maximum Gasteiger partial charge on any atom is 0.191 e. The number of anilines is 1. The predicted octanol–water partition coefficient (Wildman–Crippen LogP) is 5.23. The fourth-order valence-corrected chi connectivity index (χ4v) is 2.84. The van der Waals surface area contributed by atoms with E-state index in [0.29, 0.717) is 18.3 Å². The van der Waals surface area contributed by atoms with Crippen molar-refractivity contribution in [3.05, 3.63) is 88.9 Å². The number of ether oxygens (including phenoxy) is 2. The Morgan fingerprint density at radius 1 is 0.897 bits per heavy atom. The molecule has 3 aromatic carbocycles. The quantitative estimate of drug-likeness (QED) is 0.205. The molecular formula is C22H20BrN3O2S. The second-order valence-corrected chi connectivity index (χ2v) is 7.20. The van der Waals surface area contributed by atoms with Crippen molar-refractivity contribution in [3.8, 4) is 11.5 Å². The smallest absolute Gasteiger partial charge is 0.191 e. The minimum Gasteiger partial charge on any atom is -0.490 e. The van der Waals surface area contributed by atoms with Crippen LogP contribution in [0.25, 0.3) is 0 Å². The first-order valence-electron chi connectivity index (χ1n) is 8.96. The molecule has 0 aromatic heterocycles. The summed E-state index contributed by atoms with van der Waals surface area (Å²) in [6.45, 7) is 0.860. The molecule has 29 heavy (non-hydrogen) atoms. The summed E-state index contributed by atoms with van der Waals surface area (Å²) in [4.78, 5) is 0. The average molecular weight is 470 g/mol. The van der Waals surface area contributed by atoms with Gasteiger partial charge in [-0.05, 0) is 60.7 Å². The number of nitrogens with zero attached hydrogens (tertiary/aromatic N) is 1. The number of hydrazone groups is 1. The molecule has 0 aliphatic carbocycles. The molecule has 0 unspecified atom stereocenters. The van der Waals surface area contributed by atoms with Crippen molar-refractivity contribution in [2.24, 2.45) is 5.10 Å². The molecular weight excluding hydrogens is 450 g/mol. The molecule has 2 N–H and O–H groups in total. The lowest BCUT2D eigenvalue weighted by Crippen LogP contribution is -2.23. The van der Waals surface area contributed by atoms with Crippen molar-refractivity contribution < 1.29 is 9.47 Å². The predicted molar refractivity (Wildman–Crippen MR) is 125 cm³/mol. The highest BCUT2D eigenvalue weighted by atomic mass is 79.9. The van der Waals surface area contributed by atoms with Crippen LogP contribution in [0.4, 0.5) is 5.69 Å². The van der Waals surface area contributed by atoms with Gasteiger partial charge in [0.05, 0.1) is 6.21 Å². The number of para-hydroxylation sites is 2. The zero-order chi connectivity index (χ0) is 20.3. The molecule has 0 fully saturated rings. The average Bonchev–Trinajstić information content (AvgIpc) is 2.74. The second-order valence-electron chi connectivity index (χ2n) is 5.88. The molecule has 148 valence electrons. The van der Waals surface area contributed by atoms with Crippen molar-refractivity contribution in [2.45, 2.75) is 0 Å². The molecule has 0 spiro atoms. The number of thiocarbonyl (C=S) groups is 1. The van der Waals surface area contributed by atoms with Crippen LogP contribution in [0.2, 0.25) is 0 Å². The Hall–Kier alpha value is -2.90. The fourth-order valence-electron chi connectivity index (χ4n) is 2.40. The summed E-state index contributed by atoms with van der Waals surface area (Å²) >= 11 is 8.64. The Morgan fingerprint density at radius 3 is 2.38 bits per heavy atom. The zero-order valence-electron chi connectivity index (χ0n) is 15.5. The van der Waals surface area contributed by atoms with Crippen LogP contribution in [0.3, 0.4) is 0 Å². The molecule has 0 radical (unpaired) electrons. The molecule has 3 aromatic rings. The largest absolute Gasteiger partial charge is 0.490 e. The Morgan fingerprint density at radius 2 is 1.59 bits per heavy atom. The molecule has 0 amide bonds. The Bertz CT molecular complexity index is 950. The minimum absolute atomic E-state index is 0.411. The van der Waals surface area contributed by atoms with Crippen LogP contribution in [0, 0.1) is 0 Å². The van der Waals surface area contributed by atoms with Gasteiger partial charge in [0.1, 0.15) is 24.7 Å². The Kier molecular flexibility index (Phi) is 8.03. The maximum atomic E-state index is 5.83. The Labute approximate surface area is 183 Å². The third-order valence-electron chi connectivity index (χ3n) is 3.74. The van der Waals surface area contributed by atoms with Gasteiger partial charge in [0.15, 0.2) is 5.11 Å². The van der Waals surface area contributed by atoms with Crippen LogP contribution in [-0.4, -0.2) is 24.5 Å². The van der Waals surface area contributed by atoms with E-state index in [1.807, 2.05) is 78.9 Å². The standard InChI is InChI=1S/C22H20BrN3O2S/c23-18-10-12-20(13-11-18)27-14-15-28-21-9-5-4-6-17(21)16-24-26-22(29)25-19-7-2-1-3-8-19/h1-13,16H,14-15H2,(H2,25,26,29). The van der Waals surface area contributed by atoms with Crippen LogP contribution in [0.5, 0.6) is 11.5 Å². The van der Waals surface area contributed by atoms with Crippen molar-refractivity contribution >= 4 is 45.2 Å². The van der Waals surface area contributed by atoms with E-state index >= 15 is 0 Å². The number of rotatable bonds is 8. The lowest BCUT2D eigenvalue weighted by Gasteiger charge is -2.10. The highest BCUT2D eigenvalue weighted by molar-refractivity contribution is 9.10. The summed E-state index contributed by atoms with van der Waals surface area (Å²) in [7, 11) is 0. The van der Waals surface area contributed by atoms with Crippen LogP contribution in [-0.2, 0) is 0 Å². The first-order valence-corrected chi connectivity index (χ1v) is 10.2. The van der Waals surface area contributed by atoms with Gasteiger partial charge in [-0.25, -0.2) is 0 Å². The van der Waals surface area contributed by atoms with Crippen molar-refractivity contribution in [1.29, 1.82) is 0 Å². The van der Waals surface area contributed by atoms with Crippen LogP contribution < -0.4 is 20.2 Å². The molecule has 0 atom stereocenters. The fraction of sp³-hybridized carbons (Fsp3) is 0.0909. The number of hydrogen-bond donors (Lipinski definition) is 2.